The number of nitrogens with zero attached hydrogens (tertiary/aromatic N) is 2. The maximum Gasteiger partial charge on any atom is 0.230 e. The summed E-state index contributed by atoms with van der Waals surface area (Å²) in [5.74, 6) is 2.41. The first-order valence-electron chi connectivity index (χ1n) is 10.8. The van der Waals surface area contributed by atoms with Crippen LogP contribution in [0.3, 0.4) is 0 Å². The number of rotatable bonds is 7. The largest absolute Gasteiger partial charge is 0.504 e. The van der Waals surface area contributed by atoms with E-state index in [-0.39, 0.29) is 5.75 Å². The Hall–Kier alpha value is -4.58. The zero-order chi connectivity index (χ0) is 23.3. The Morgan fingerprint density at radius 1 is 0.735 bits per heavy atom. The lowest BCUT2D eigenvalue weighted by Gasteiger charge is -2.12. The Balaban J connectivity index is 1.43. The van der Waals surface area contributed by atoms with Crippen LogP contribution in [0.4, 0.5) is 0 Å². The number of hydrogen-bond donors (Lipinski definition) is 1. The number of aromatic hydroxyl groups is 1. The van der Waals surface area contributed by atoms with Gasteiger partial charge in [-0.2, -0.15) is 4.98 Å². The van der Waals surface area contributed by atoms with Crippen molar-refractivity contribution in [1.29, 1.82) is 0 Å². The lowest BCUT2D eigenvalue weighted by atomic mass is 10.1. The second kappa shape index (κ2) is 9.50. The van der Waals surface area contributed by atoms with E-state index in [4.69, 9.17) is 14.2 Å². The molecule has 5 rings (SSSR count). The molecule has 168 valence electrons. The predicted molar refractivity (Wildman–Crippen MR) is 130 cm³/mol. The van der Waals surface area contributed by atoms with E-state index in [2.05, 4.69) is 9.97 Å². The third-order valence-corrected chi connectivity index (χ3v) is 5.31. The Morgan fingerprint density at radius 3 is 2.26 bits per heavy atom. The highest BCUT2D eigenvalue weighted by atomic mass is 16.5. The minimum absolute atomic E-state index is 0.0221. The predicted octanol–water partition coefficient (Wildman–Crippen LogP) is 6.38. The summed E-state index contributed by atoms with van der Waals surface area (Å²) in [6, 6.07) is 30.2. The molecule has 0 aliphatic heterocycles. The van der Waals surface area contributed by atoms with Crippen molar-refractivity contribution in [3.8, 4) is 40.3 Å². The van der Waals surface area contributed by atoms with Crippen molar-refractivity contribution in [2.24, 2.45) is 0 Å². The maximum atomic E-state index is 10.6. The highest BCUT2D eigenvalue weighted by molar-refractivity contribution is 5.86. The van der Waals surface area contributed by atoms with Crippen LogP contribution in [0.2, 0.25) is 0 Å². The summed E-state index contributed by atoms with van der Waals surface area (Å²) in [6.45, 7) is 0.491. The third-order valence-electron chi connectivity index (χ3n) is 5.31. The Kier molecular flexibility index (Phi) is 5.95. The second-order valence-corrected chi connectivity index (χ2v) is 7.57. The molecule has 34 heavy (non-hydrogen) atoms. The van der Waals surface area contributed by atoms with Crippen LogP contribution in [0.5, 0.6) is 28.9 Å². The lowest BCUT2D eigenvalue weighted by Crippen LogP contribution is -1.97. The van der Waals surface area contributed by atoms with Gasteiger partial charge >= 0.3 is 0 Å². The van der Waals surface area contributed by atoms with Gasteiger partial charge in [0.1, 0.15) is 18.1 Å². The molecule has 6 nitrogen and oxygen atoms in total. The third kappa shape index (κ3) is 4.47. The topological polar surface area (TPSA) is 73.7 Å². The van der Waals surface area contributed by atoms with Gasteiger partial charge < -0.3 is 19.3 Å². The van der Waals surface area contributed by atoms with Gasteiger partial charge in [0.15, 0.2) is 17.3 Å². The molecule has 1 aromatic heterocycles. The van der Waals surface area contributed by atoms with Crippen molar-refractivity contribution in [1.82, 2.24) is 9.97 Å². The van der Waals surface area contributed by atoms with E-state index in [0.717, 1.165) is 16.7 Å². The number of para-hydroxylation sites is 2. The number of methoxy groups -OCH3 is 1. The Morgan fingerprint density at radius 2 is 1.47 bits per heavy atom. The molecular weight excluding hydrogens is 428 g/mol. The monoisotopic (exact) mass is 450 g/mol. The summed E-state index contributed by atoms with van der Waals surface area (Å²) in [7, 11) is 1.50. The van der Waals surface area contributed by atoms with Gasteiger partial charge in [0, 0.05) is 0 Å². The fourth-order valence-electron chi connectivity index (χ4n) is 3.57. The number of fused-ring (bicyclic) bond motifs is 1. The number of aromatic nitrogens is 2. The van der Waals surface area contributed by atoms with Gasteiger partial charge in [0.2, 0.25) is 5.88 Å². The van der Waals surface area contributed by atoms with Crippen LogP contribution in [0.1, 0.15) is 5.56 Å². The van der Waals surface area contributed by atoms with E-state index in [1.165, 1.54) is 7.11 Å². The minimum Gasteiger partial charge on any atom is -0.504 e. The van der Waals surface area contributed by atoms with Crippen LogP contribution in [-0.2, 0) is 6.61 Å². The molecule has 0 fully saturated rings. The summed E-state index contributed by atoms with van der Waals surface area (Å²) in [5.41, 5.74) is 2.26. The molecule has 0 spiro atoms. The SMILES string of the molecule is COc1cccc(-c2nc(Oc3ccc(OCc4ccccc4)cc3)c3ccccc3n2)c1O. The molecule has 0 atom stereocenters. The highest BCUT2D eigenvalue weighted by Gasteiger charge is 2.16. The Bertz CT molecular complexity index is 1420. The summed E-state index contributed by atoms with van der Waals surface area (Å²) in [6.07, 6.45) is 0. The average molecular weight is 450 g/mol. The van der Waals surface area contributed by atoms with Crippen molar-refractivity contribution in [2.75, 3.05) is 7.11 Å². The van der Waals surface area contributed by atoms with Crippen molar-refractivity contribution in [3.63, 3.8) is 0 Å². The molecule has 0 aliphatic carbocycles. The van der Waals surface area contributed by atoms with E-state index in [9.17, 15) is 5.11 Å². The molecule has 0 saturated carbocycles. The smallest absolute Gasteiger partial charge is 0.230 e. The molecule has 4 aromatic carbocycles. The number of hydrogen-bond acceptors (Lipinski definition) is 6. The zero-order valence-electron chi connectivity index (χ0n) is 18.5. The first-order valence-corrected chi connectivity index (χ1v) is 10.8. The van der Waals surface area contributed by atoms with Gasteiger partial charge in [0.05, 0.1) is 23.6 Å². The molecule has 0 bridgehead atoms. The van der Waals surface area contributed by atoms with E-state index in [1.54, 1.807) is 18.2 Å². The van der Waals surface area contributed by atoms with Crippen LogP contribution in [-0.4, -0.2) is 22.2 Å². The fourth-order valence-corrected chi connectivity index (χ4v) is 3.57. The minimum atomic E-state index is -0.0221. The number of phenols is 1. The van der Waals surface area contributed by atoms with Crippen molar-refractivity contribution < 1.29 is 19.3 Å². The summed E-state index contributed by atoms with van der Waals surface area (Å²) >= 11 is 0. The molecule has 0 radical (unpaired) electrons. The van der Waals surface area contributed by atoms with Crippen LogP contribution in [0.15, 0.2) is 97.1 Å². The summed E-state index contributed by atoms with van der Waals surface area (Å²) in [4.78, 5) is 9.25. The molecule has 0 aliphatic rings. The Labute approximate surface area is 197 Å². The second-order valence-electron chi connectivity index (χ2n) is 7.57. The maximum absolute atomic E-state index is 10.6. The van der Waals surface area contributed by atoms with Crippen LogP contribution in [0.25, 0.3) is 22.3 Å². The van der Waals surface area contributed by atoms with E-state index >= 15 is 0 Å². The van der Waals surface area contributed by atoms with E-state index in [0.29, 0.717) is 40.9 Å². The van der Waals surface area contributed by atoms with Crippen molar-refractivity contribution in [2.45, 2.75) is 6.61 Å². The molecule has 0 amide bonds. The molecule has 1 heterocycles. The van der Waals surface area contributed by atoms with Crippen LogP contribution >= 0.6 is 0 Å². The van der Waals surface area contributed by atoms with Gasteiger partial charge in [0.25, 0.3) is 0 Å². The standard InChI is InChI=1S/C28H22N2O4/c1-32-25-13-7-11-23(26(25)31)27-29-24-12-6-5-10-22(24)28(30-27)34-21-16-14-20(15-17-21)33-18-19-8-3-2-4-9-19/h2-17,31H,18H2,1H3. The molecule has 6 heteroatoms. The quantitative estimate of drug-likeness (QED) is 0.310. The summed E-state index contributed by atoms with van der Waals surface area (Å²) < 4.78 is 17.2. The van der Waals surface area contributed by atoms with Gasteiger partial charge in [-0.1, -0.05) is 48.5 Å². The molecule has 5 aromatic rings. The highest BCUT2D eigenvalue weighted by Crippen LogP contribution is 2.37. The van der Waals surface area contributed by atoms with Crippen LogP contribution < -0.4 is 14.2 Å². The van der Waals surface area contributed by atoms with Crippen molar-refractivity contribution >= 4 is 10.9 Å². The first-order chi connectivity index (χ1) is 16.7. The molecule has 0 saturated heterocycles. The molecular formula is C28H22N2O4. The van der Waals surface area contributed by atoms with E-state index in [1.807, 2.05) is 78.9 Å². The average Bonchev–Trinajstić information content (AvgIpc) is 2.89. The fraction of sp³-hybridized carbons (Fsp3) is 0.0714. The van der Waals surface area contributed by atoms with Crippen LogP contribution in [0, 0.1) is 0 Å². The van der Waals surface area contributed by atoms with Gasteiger partial charge in [-0.05, 0) is 54.1 Å². The normalized spacial score (nSPS) is 10.7. The first kappa shape index (κ1) is 21.3. The van der Waals surface area contributed by atoms with Gasteiger partial charge in [-0.3, -0.25) is 0 Å². The zero-order valence-corrected chi connectivity index (χ0v) is 18.5. The number of benzene rings is 4. The van der Waals surface area contributed by atoms with Crippen molar-refractivity contribution in [3.05, 3.63) is 103 Å². The lowest BCUT2D eigenvalue weighted by molar-refractivity contribution is 0.305. The molecule has 0 unspecified atom stereocenters. The van der Waals surface area contributed by atoms with Gasteiger partial charge in [-0.25, -0.2) is 4.98 Å². The number of ether oxygens (including phenoxy) is 3. The number of phenolic OH excluding ortho intramolecular Hbond substituents is 1. The summed E-state index contributed by atoms with van der Waals surface area (Å²) in [5, 5.41) is 11.4. The molecule has 1 N–H and O–H groups in total. The van der Waals surface area contributed by atoms with Gasteiger partial charge in [-0.15, -0.1) is 0 Å². The van der Waals surface area contributed by atoms with E-state index < -0.39 is 0 Å².